The number of ether oxygens (including phenoxy) is 3. The Hall–Kier alpha value is -2.51. The minimum Gasteiger partial charge on any atom is -0.496 e. The van der Waals surface area contributed by atoms with Crippen LogP contribution in [0.15, 0.2) is 46.9 Å². The summed E-state index contributed by atoms with van der Waals surface area (Å²) in [5, 5.41) is 3.02. The van der Waals surface area contributed by atoms with Crippen molar-refractivity contribution in [1.29, 1.82) is 0 Å². The van der Waals surface area contributed by atoms with Gasteiger partial charge in [-0.05, 0) is 42.5 Å². The molecule has 2 aromatic carbocycles. The van der Waals surface area contributed by atoms with Gasteiger partial charge in [-0.1, -0.05) is 27.5 Å². The van der Waals surface area contributed by atoms with Gasteiger partial charge >= 0.3 is 5.97 Å². The van der Waals surface area contributed by atoms with Gasteiger partial charge in [0.2, 0.25) is 0 Å². The van der Waals surface area contributed by atoms with Gasteiger partial charge in [-0.3, -0.25) is 4.79 Å². The van der Waals surface area contributed by atoms with Gasteiger partial charge in [-0.25, -0.2) is 4.79 Å². The SMILES string of the molecule is COc1ccc(Br)cc1/C=C/C(=O)OCC(=O)Nc1cc(Cl)ccc1OC. The fraction of sp³-hybridized carbons (Fsp3) is 0.158. The Morgan fingerprint density at radius 2 is 1.81 bits per heavy atom. The average molecular weight is 455 g/mol. The van der Waals surface area contributed by atoms with E-state index in [1.54, 1.807) is 36.4 Å². The van der Waals surface area contributed by atoms with Crippen LogP contribution in [0.4, 0.5) is 5.69 Å². The van der Waals surface area contributed by atoms with Crippen molar-refractivity contribution < 1.29 is 23.8 Å². The largest absolute Gasteiger partial charge is 0.496 e. The summed E-state index contributed by atoms with van der Waals surface area (Å²) in [5.41, 5.74) is 1.08. The number of nitrogens with one attached hydrogen (secondary N) is 1. The Bertz CT molecular complexity index is 869. The zero-order valence-corrected chi connectivity index (χ0v) is 17.0. The predicted molar refractivity (Wildman–Crippen MR) is 107 cm³/mol. The summed E-state index contributed by atoms with van der Waals surface area (Å²) in [6.07, 6.45) is 2.77. The van der Waals surface area contributed by atoms with Gasteiger partial charge in [0, 0.05) is 21.1 Å². The van der Waals surface area contributed by atoms with Crippen LogP contribution in [0.25, 0.3) is 6.08 Å². The molecular formula is C19H17BrClNO5. The lowest BCUT2D eigenvalue weighted by Crippen LogP contribution is -2.20. The molecular weight excluding hydrogens is 438 g/mol. The minimum absolute atomic E-state index is 0.389. The maximum atomic E-state index is 12.0. The summed E-state index contributed by atoms with van der Waals surface area (Å²) >= 11 is 9.26. The fourth-order valence-corrected chi connectivity index (χ4v) is 2.69. The highest BCUT2D eigenvalue weighted by Crippen LogP contribution is 2.27. The molecule has 6 nitrogen and oxygen atoms in total. The number of esters is 1. The van der Waals surface area contributed by atoms with Crippen LogP contribution in [-0.2, 0) is 14.3 Å². The van der Waals surface area contributed by atoms with Crippen molar-refractivity contribution in [2.75, 3.05) is 26.1 Å². The van der Waals surface area contributed by atoms with Gasteiger partial charge in [-0.2, -0.15) is 0 Å². The highest BCUT2D eigenvalue weighted by Gasteiger charge is 2.10. The summed E-state index contributed by atoms with van der Waals surface area (Å²) < 4.78 is 16.1. The number of carbonyl (C=O) groups is 2. The molecule has 0 aliphatic rings. The zero-order valence-electron chi connectivity index (χ0n) is 14.6. The van der Waals surface area contributed by atoms with E-state index in [0.717, 1.165) is 4.47 Å². The molecule has 0 radical (unpaired) electrons. The van der Waals surface area contributed by atoms with E-state index < -0.39 is 18.5 Å². The van der Waals surface area contributed by atoms with Crippen molar-refractivity contribution >= 4 is 51.2 Å². The second-order valence-corrected chi connectivity index (χ2v) is 6.57. The molecule has 0 fully saturated rings. The monoisotopic (exact) mass is 453 g/mol. The molecule has 0 saturated carbocycles. The first-order valence-corrected chi connectivity index (χ1v) is 8.92. The molecule has 0 aromatic heterocycles. The van der Waals surface area contributed by atoms with E-state index in [2.05, 4.69) is 21.2 Å². The Morgan fingerprint density at radius 1 is 1.11 bits per heavy atom. The molecule has 0 heterocycles. The molecule has 1 amide bonds. The van der Waals surface area contributed by atoms with Crippen molar-refractivity contribution in [3.63, 3.8) is 0 Å². The average Bonchev–Trinajstić information content (AvgIpc) is 2.65. The molecule has 0 aliphatic heterocycles. The molecule has 1 N–H and O–H groups in total. The molecule has 2 aromatic rings. The van der Waals surface area contributed by atoms with Crippen LogP contribution < -0.4 is 14.8 Å². The summed E-state index contributed by atoms with van der Waals surface area (Å²) in [4.78, 5) is 23.8. The van der Waals surface area contributed by atoms with E-state index in [4.69, 9.17) is 25.8 Å². The molecule has 27 heavy (non-hydrogen) atoms. The number of halogens is 2. The summed E-state index contributed by atoms with van der Waals surface area (Å²) in [7, 11) is 3.01. The molecule has 0 saturated heterocycles. The Labute approximate surface area is 170 Å². The van der Waals surface area contributed by atoms with Crippen LogP contribution in [0.3, 0.4) is 0 Å². The van der Waals surface area contributed by atoms with E-state index in [-0.39, 0.29) is 0 Å². The Balaban J connectivity index is 1.93. The first-order chi connectivity index (χ1) is 12.9. The molecule has 0 bridgehead atoms. The van der Waals surface area contributed by atoms with Crippen LogP contribution in [0.1, 0.15) is 5.56 Å². The molecule has 0 unspecified atom stereocenters. The van der Waals surface area contributed by atoms with Gasteiger partial charge in [0.15, 0.2) is 6.61 Å². The summed E-state index contributed by atoms with van der Waals surface area (Å²) in [6.45, 7) is -0.450. The van der Waals surface area contributed by atoms with E-state index in [1.807, 2.05) is 6.07 Å². The van der Waals surface area contributed by atoms with Crippen molar-refractivity contribution in [1.82, 2.24) is 0 Å². The number of amides is 1. The van der Waals surface area contributed by atoms with Crippen LogP contribution in [0.5, 0.6) is 11.5 Å². The van der Waals surface area contributed by atoms with E-state index in [9.17, 15) is 9.59 Å². The van der Waals surface area contributed by atoms with Crippen molar-refractivity contribution in [3.05, 3.63) is 57.5 Å². The van der Waals surface area contributed by atoms with Crippen molar-refractivity contribution in [2.24, 2.45) is 0 Å². The van der Waals surface area contributed by atoms with Gasteiger partial charge in [-0.15, -0.1) is 0 Å². The van der Waals surface area contributed by atoms with Crippen molar-refractivity contribution in [3.8, 4) is 11.5 Å². The zero-order chi connectivity index (χ0) is 19.8. The number of carbonyl (C=O) groups excluding carboxylic acids is 2. The maximum absolute atomic E-state index is 12.0. The second-order valence-electron chi connectivity index (χ2n) is 5.22. The standard InChI is InChI=1S/C19H17BrClNO5/c1-25-16-6-4-13(20)9-12(16)3-8-19(24)27-11-18(23)22-15-10-14(21)5-7-17(15)26-2/h3-10H,11H2,1-2H3,(H,22,23)/b8-3+. The number of anilines is 1. The predicted octanol–water partition coefficient (Wildman–Crippen LogP) is 4.31. The smallest absolute Gasteiger partial charge is 0.331 e. The third-order valence-corrected chi connectivity index (χ3v) is 4.10. The lowest BCUT2D eigenvalue weighted by molar-refractivity contribution is -0.142. The Kier molecular flexibility index (Phi) is 7.69. The molecule has 0 aliphatic carbocycles. The highest BCUT2D eigenvalue weighted by molar-refractivity contribution is 9.10. The molecule has 142 valence electrons. The number of hydrogen-bond donors (Lipinski definition) is 1. The third kappa shape index (κ3) is 6.30. The lowest BCUT2D eigenvalue weighted by Gasteiger charge is -2.10. The second kappa shape index (κ2) is 9.99. The van der Waals surface area contributed by atoms with Gasteiger partial charge < -0.3 is 19.5 Å². The van der Waals surface area contributed by atoms with Crippen LogP contribution >= 0.6 is 27.5 Å². The third-order valence-electron chi connectivity index (χ3n) is 3.37. The minimum atomic E-state index is -0.662. The van der Waals surface area contributed by atoms with Crippen molar-refractivity contribution in [2.45, 2.75) is 0 Å². The van der Waals surface area contributed by atoms with Gasteiger partial charge in [0.05, 0.1) is 19.9 Å². The summed E-state index contributed by atoms with van der Waals surface area (Å²) in [6, 6.07) is 10.2. The number of rotatable bonds is 7. The molecule has 8 heteroatoms. The quantitative estimate of drug-likeness (QED) is 0.498. The molecule has 0 atom stereocenters. The summed E-state index contributed by atoms with van der Waals surface area (Å²) in [5.74, 6) is -0.128. The van der Waals surface area contributed by atoms with Gasteiger partial charge in [0.1, 0.15) is 11.5 Å². The number of benzene rings is 2. The van der Waals surface area contributed by atoms with E-state index in [0.29, 0.717) is 27.8 Å². The van der Waals surface area contributed by atoms with Crippen LogP contribution in [-0.4, -0.2) is 32.7 Å². The van der Waals surface area contributed by atoms with Crippen LogP contribution in [0.2, 0.25) is 5.02 Å². The first kappa shape index (κ1) is 20.8. The van der Waals surface area contributed by atoms with E-state index in [1.165, 1.54) is 20.3 Å². The fourth-order valence-electron chi connectivity index (χ4n) is 2.14. The normalized spacial score (nSPS) is 10.5. The number of methoxy groups -OCH3 is 2. The first-order valence-electron chi connectivity index (χ1n) is 7.74. The van der Waals surface area contributed by atoms with Crippen LogP contribution in [0, 0.1) is 0 Å². The highest BCUT2D eigenvalue weighted by atomic mass is 79.9. The van der Waals surface area contributed by atoms with Gasteiger partial charge in [0.25, 0.3) is 5.91 Å². The topological polar surface area (TPSA) is 73.9 Å². The molecule has 0 spiro atoms. The molecule has 2 rings (SSSR count). The lowest BCUT2D eigenvalue weighted by atomic mass is 10.2. The Morgan fingerprint density at radius 3 is 2.52 bits per heavy atom. The maximum Gasteiger partial charge on any atom is 0.331 e. The van der Waals surface area contributed by atoms with E-state index >= 15 is 0 Å². The number of hydrogen-bond acceptors (Lipinski definition) is 5.